The maximum atomic E-state index is 12.5. The average molecular weight is 341 g/mol. The second kappa shape index (κ2) is 5.57. The highest BCUT2D eigenvalue weighted by Gasteiger charge is 2.22. The quantitative estimate of drug-likeness (QED) is 0.562. The Morgan fingerprint density at radius 3 is 2.67 bits per heavy atom. The lowest BCUT2D eigenvalue weighted by atomic mass is 10.2. The van der Waals surface area contributed by atoms with Crippen molar-refractivity contribution in [1.82, 2.24) is 15.1 Å². The van der Waals surface area contributed by atoms with Gasteiger partial charge in [0.25, 0.3) is 0 Å². The number of sulfone groups is 1. The summed E-state index contributed by atoms with van der Waals surface area (Å²) in [6, 6.07) is 13.8. The third-order valence-corrected chi connectivity index (χ3v) is 4.91. The number of hydrogen-bond donors (Lipinski definition) is 0. The first-order chi connectivity index (χ1) is 11.6. The lowest BCUT2D eigenvalue weighted by Gasteiger charge is -2.02. The van der Waals surface area contributed by atoms with E-state index >= 15 is 0 Å². The van der Waals surface area contributed by atoms with E-state index in [4.69, 9.17) is 8.94 Å². The molecule has 120 valence electrons. The molecule has 0 aliphatic heterocycles. The number of furan rings is 1. The molecule has 0 saturated carbocycles. The molecule has 1 aromatic carbocycles. The summed E-state index contributed by atoms with van der Waals surface area (Å²) < 4.78 is 35.2. The van der Waals surface area contributed by atoms with Gasteiger partial charge in [0.1, 0.15) is 5.75 Å². The fourth-order valence-electron chi connectivity index (χ4n) is 2.28. The number of fused-ring (bicyclic) bond motifs is 1. The molecule has 7 nitrogen and oxygen atoms in total. The second-order valence-corrected chi connectivity index (χ2v) is 7.03. The Kier molecular flexibility index (Phi) is 3.39. The smallest absolute Gasteiger partial charge is 0.242 e. The van der Waals surface area contributed by atoms with E-state index in [0.717, 1.165) is 5.39 Å². The minimum atomic E-state index is -3.70. The van der Waals surface area contributed by atoms with Crippen LogP contribution >= 0.6 is 0 Å². The Morgan fingerprint density at radius 1 is 0.958 bits per heavy atom. The summed E-state index contributed by atoms with van der Waals surface area (Å²) >= 11 is 0. The molecule has 0 aliphatic rings. The first-order valence-corrected chi connectivity index (χ1v) is 8.72. The zero-order valence-electron chi connectivity index (χ0n) is 12.3. The molecule has 8 heteroatoms. The maximum Gasteiger partial charge on any atom is 0.242 e. The standard InChI is InChI=1S/C16H11N3O4S/c20-24(21,15-8-7-11-4-1-2-5-12(11)17-15)10-14-18-16(19-23-14)13-6-3-9-22-13/h1-9H,10H2. The average Bonchev–Trinajstić information content (AvgIpc) is 3.25. The largest absolute Gasteiger partial charge is 0.461 e. The highest BCUT2D eigenvalue weighted by molar-refractivity contribution is 7.90. The van der Waals surface area contributed by atoms with E-state index < -0.39 is 15.6 Å². The number of para-hydroxylation sites is 1. The van der Waals surface area contributed by atoms with E-state index in [1.54, 1.807) is 30.3 Å². The van der Waals surface area contributed by atoms with E-state index in [2.05, 4.69) is 15.1 Å². The van der Waals surface area contributed by atoms with E-state index in [0.29, 0.717) is 11.3 Å². The number of pyridine rings is 1. The highest BCUT2D eigenvalue weighted by Crippen LogP contribution is 2.20. The topological polar surface area (TPSA) is 99.1 Å². The summed E-state index contributed by atoms with van der Waals surface area (Å²) in [6.45, 7) is 0. The van der Waals surface area contributed by atoms with Crippen LogP contribution in [0.15, 0.2) is 68.8 Å². The number of nitrogens with zero attached hydrogens (tertiary/aromatic N) is 3. The van der Waals surface area contributed by atoms with Crippen molar-refractivity contribution in [2.45, 2.75) is 10.8 Å². The Labute approximate surface area is 136 Å². The third-order valence-electron chi connectivity index (χ3n) is 3.41. The Balaban J connectivity index is 1.65. The molecule has 24 heavy (non-hydrogen) atoms. The monoisotopic (exact) mass is 341 g/mol. The van der Waals surface area contributed by atoms with Crippen molar-refractivity contribution in [3.8, 4) is 11.6 Å². The molecule has 0 fully saturated rings. The predicted molar refractivity (Wildman–Crippen MR) is 84.6 cm³/mol. The highest BCUT2D eigenvalue weighted by atomic mass is 32.2. The number of aromatic nitrogens is 3. The van der Waals surface area contributed by atoms with Gasteiger partial charge in [0.2, 0.25) is 21.6 Å². The fraction of sp³-hybridized carbons (Fsp3) is 0.0625. The molecule has 4 rings (SSSR count). The lowest BCUT2D eigenvalue weighted by Crippen LogP contribution is -2.07. The first-order valence-electron chi connectivity index (χ1n) is 7.07. The van der Waals surface area contributed by atoms with Gasteiger partial charge < -0.3 is 8.94 Å². The minimum absolute atomic E-state index is 0.0173. The molecule has 4 aromatic rings. The maximum absolute atomic E-state index is 12.5. The molecule has 3 aromatic heterocycles. The Morgan fingerprint density at radius 2 is 1.83 bits per heavy atom. The van der Waals surface area contributed by atoms with Crippen LogP contribution in [0.4, 0.5) is 0 Å². The van der Waals surface area contributed by atoms with E-state index in [1.165, 1.54) is 12.3 Å². The number of benzene rings is 1. The Hall–Kier alpha value is -3.00. The zero-order valence-corrected chi connectivity index (χ0v) is 13.1. The summed E-state index contributed by atoms with van der Waals surface area (Å²) in [4.78, 5) is 8.25. The number of hydrogen-bond acceptors (Lipinski definition) is 7. The molecule has 0 atom stereocenters. The molecule has 0 aliphatic carbocycles. The summed E-state index contributed by atoms with van der Waals surface area (Å²) in [6.07, 6.45) is 1.47. The van der Waals surface area contributed by atoms with Crippen molar-refractivity contribution >= 4 is 20.7 Å². The summed E-state index contributed by atoms with van der Waals surface area (Å²) in [7, 11) is -3.70. The van der Waals surface area contributed by atoms with Gasteiger partial charge in [-0.1, -0.05) is 23.4 Å². The number of rotatable bonds is 4. The fourth-order valence-corrected chi connectivity index (χ4v) is 3.38. The molecular weight excluding hydrogens is 330 g/mol. The Bertz CT molecular complexity index is 1100. The molecule has 0 saturated heterocycles. The van der Waals surface area contributed by atoms with Gasteiger partial charge in [-0.25, -0.2) is 13.4 Å². The van der Waals surface area contributed by atoms with Crippen molar-refractivity contribution in [3.05, 3.63) is 60.7 Å². The van der Waals surface area contributed by atoms with Crippen molar-refractivity contribution in [2.75, 3.05) is 0 Å². The summed E-state index contributed by atoms with van der Waals surface area (Å²) in [5.74, 6) is 0.172. The van der Waals surface area contributed by atoms with E-state index in [-0.39, 0.29) is 16.7 Å². The lowest BCUT2D eigenvalue weighted by molar-refractivity contribution is 0.387. The van der Waals surface area contributed by atoms with Gasteiger partial charge in [-0.05, 0) is 30.3 Å². The van der Waals surface area contributed by atoms with E-state index in [9.17, 15) is 8.42 Å². The van der Waals surface area contributed by atoms with Gasteiger partial charge in [-0.2, -0.15) is 4.98 Å². The molecule has 0 radical (unpaired) electrons. The normalized spacial score (nSPS) is 11.8. The van der Waals surface area contributed by atoms with Crippen molar-refractivity contribution in [2.24, 2.45) is 0 Å². The van der Waals surface area contributed by atoms with Crippen LogP contribution in [-0.4, -0.2) is 23.5 Å². The predicted octanol–water partition coefficient (Wildman–Crippen LogP) is 2.85. The SMILES string of the molecule is O=S(=O)(Cc1nc(-c2ccco2)no1)c1ccc2ccccc2n1. The van der Waals surface area contributed by atoms with Crippen molar-refractivity contribution in [3.63, 3.8) is 0 Å². The zero-order chi connectivity index (χ0) is 16.6. The van der Waals surface area contributed by atoms with Gasteiger partial charge in [-0.15, -0.1) is 0 Å². The third kappa shape index (κ3) is 2.67. The molecule has 0 bridgehead atoms. The molecule has 0 amide bonds. The molecule has 0 unspecified atom stereocenters. The van der Waals surface area contributed by atoms with Crippen LogP contribution < -0.4 is 0 Å². The summed E-state index contributed by atoms with van der Waals surface area (Å²) in [5, 5.41) is 4.56. The minimum Gasteiger partial charge on any atom is -0.461 e. The van der Waals surface area contributed by atoms with Gasteiger partial charge in [-0.3, -0.25) is 0 Å². The molecule has 0 spiro atoms. The van der Waals surface area contributed by atoms with Crippen LogP contribution in [-0.2, 0) is 15.6 Å². The van der Waals surface area contributed by atoms with Crippen LogP contribution in [0, 0.1) is 0 Å². The van der Waals surface area contributed by atoms with E-state index in [1.807, 2.05) is 12.1 Å². The van der Waals surface area contributed by atoms with Crippen LogP contribution in [0.1, 0.15) is 5.89 Å². The molecular formula is C16H11N3O4S. The van der Waals surface area contributed by atoms with Gasteiger partial charge in [0.15, 0.2) is 10.8 Å². The van der Waals surface area contributed by atoms with Crippen molar-refractivity contribution < 1.29 is 17.4 Å². The van der Waals surface area contributed by atoms with Crippen LogP contribution in [0.5, 0.6) is 0 Å². The van der Waals surface area contributed by atoms with Gasteiger partial charge in [0, 0.05) is 5.39 Å². The second-order valence-electron chi connectivity index (χ2n) is 5.09. The molecule has 3 heterocycles. The van der Waals surface area contributed by atoms with Crippen LogP contribution in [0.25, 0.3) is 22.5 Å². The van der Waals surface area contributed by atoms with Crippen molar-refractivity contribution in [1.29, 1.82) is 0 Å². The first kappa shape index (κ1) is 14.6. The summed E-state index contributed by atoms with van der Waals surface area (Å²) in [5.41, 5.74) is 0.611. The molecule has 0 N–H and O–H groups in total. The van der Waals surface area contributed by atoms with Gasteiger partial charge >= 0.3 is 0 Å². The van der Waals surface area contributed by atoms with Crippen LogP contribution in [0.2, 0.25) is 0 Å². The van der Waals surface area contributed by atoms with Crippen LogP contribution in [0.3, 0.4) is 0 Å². The van der Waals surface area contributed by atoms with Gasteiger partial charge in [0.05, 0.1) is 11.8 Å².